The summed E-state index contributed by atoms with van der Waals surface area (Å²) >= 11 is 0. The fourth-order valence-corrected chi connectivity index (χ4v) is 4.03. The highest BCUT2D eigenvalue weighted by Crippen LogP contribution is 2.40. The number of hydrogen-bond acceptors (Lipinski definition) is 4. The summed E-state index contributed by atoms with van der Waals surface area (Å²) in [4.78, 5) is 31.6. The normalized spacial score (nSPS) is 17.7. The van der Waals surface area contributed by atoms with E-state index in [9.17, 15) is 19.1 Å². The van der Waals surface area contributed by atoms with Crippen LogP contribution in [-0.4, -0.2) is 26.7 Å². The van der Waals surface area contributed by atoms with Crippen LogP contribution >= 0.6 is 0 Å². The first kappa shape index (κ1) is 22.4. The van der Waals surface area contributed by atoms with Crippen molar-refractivity contribution >= 4 is 17.4 Å². The molecule has 5 nitrogen and oxygen atoms in total. The van der Waals surface area contributed by atoms with E-state index in [2.05, 4.69) is 18.8 Å². The molecule has 0 bridgehead atoms. The number of nitrogens with zero attached hydrogens (tertiary/aromatic N) is 2. The molecule has 168 valence electrons. The van der Waals surface area contributed by atoms with Gasteiger partial charge in [-0.05, 0) is 53.3 Å². The third kappa shape index (κ3) is 4.29. The molecule has 6 heteroatoms. The Balaban J connectivity index is 1.86. The van der Waals surface area contributed by atoms with Crippen molar-refractivity contribution in [2.45, 2.75) is 39.3 Å². The number of rotatable bonds is 5. The Hall–Kier alpha value is -3.80. The van der Waals surface area contributed by atoms with Gasteiger partial charge in [-0.2, -0.15) is 0 Å². The molecule has 1 aromatic heterocycles. The monoisotopic (exact) mass is 444 g/mol. The lowest BCUT2D eigenvalue weighted by atomic mass is 9.93. The molecule has 1 amide bonds. The van der Waals surface area contributed by atoms with Crippen molar-refractivity contribution in [2.24, 2.45) is 0 Å². The topological polar surface area (TPSA) is 70.5 Å². The Morgan fingerprint density at radius 3 is 2.33 bits per heavy atom. The molecule has 0 saturated carbocycles. The van der Waals surface area contributed by atoms with Crippen LogP contribution in [-0.2, 0) is 16.1 Å². The fourth-order valence-electron chi connectivity index (χ4n) is 4.03. The average molecular weight is 445 g/mol. The molecule has 1 unspecified atom stereocenters. The summed E-state index contributed by atoms with van der Waals surface area (Å²) in [5, 5.41) is 11.1. The van der Waals surface area contributed by atoms with Crippen LogP contribution in [0.25, 0.3) is 5.76 Å². The lowest BCUT2D eigenvalue weighted by molar-refractivity contribution is -0.140. The molecule has 2 heterocycles. The minimum Gasteiger partial charge on any atom is -0.507 e. The predicted octanol–water partition coefficient (Wildman–Crippen LogP) is 5.27. The van der Waals surface area contributed by atoms with Crippen LogP contribution in [0.4, 0.5) is 4.39 Å². The van der Waals surface area contributed by atoms with Crippen molar-refractivity contribution in [2.75, 3.05) is 0 Å². The quantitative estimate of drug-likeness (QED) is 0.330. The van der Waals surface area contributed by atoms with E-state index >= 15 is 0 Å². The van der Waals surface area contributed by atoms with Gasteiger partial charge in [0.25, 0.3) is 11.7 Å². The van der Waals surface area contributed by atoms with Gasteiger partial charge in [0.05, 0.1) is 11.6 Å². The Kier molecular flexibility index (Phi) is 6.09. The molecule has 33 heavy (non-hydrogen) atoms. The molecule has 1 saturated heterocycles. The molecule has 1 atom stereocenters. The first-order valence-electron chi connectivity index (χ1n) is 10.8. The highest BCUT2D eigenvalue weighted by molar-refractivity contribution is 6.46. The van der Waals surface area contributed by atoms with E-state index < -0.39 is 23.5 Å². The molecular weight excluding hydrogens is 419 g/mol. The number of aromatic nitrogens is 1. The molecule has 4 rings (SSSR count). The minimum absolute atomic E-state index is 0.0467. The van der Waals surface area contributed by atoms with Crippen LogP contribution in [0, 0.1) is 12.7 Å². The third-order valence-corrected chi connectivity index (χ3v) is 6.01. The maximum absolute atomic E-state index is 14.2. The number of ketones is 1. The maximum Gasteiger partial charge on any atom is 0.295 e. The summed E-state index contributed by atoms with van der Waals surface area (Å²) in [7, 11) is 0. The molecular formula is C27H25FN2O3. The molecule has 0 radical (unpaired) electrons. The summed E-state index contributed by atoms with van der Waals surface area (Å²) in [6.07, 6.45) is 3.24. The number of aliphatic hydroxyl groups is 1. The van der Waals surface area contributed by atoms with E-state index in [1.165, 1.54) is 17.0 Å². The largest absolute Gasteiger partial charge is 0.507 e. The van der Waals surface area contributed by atoms with Crippen molar-refractivity contribution in [1.29, 1.82) is 0 Å². The van der Waals surface area contributed by atoms with Gasteiger partial charge in [0.1, 0.15) is 11.6 Å². The van der Waals surface area contributed by atoms with Crippen molar-refractivity contribution in [1.82, 2.24) is 9.88 Å². The molecule has 3 aromatic rings. The van der Waals surface area contributed by atoms with Crippen molar-refractivity contribution in [3.63, 3.8) is 0 Å². The smallest absolute Gasteiger partial charge is 0.295 e. The molecule has 1 fully saturated rings. The number of amides is 1. The summed E-state index contributed by atoms with van der Waals surface area (Å²) < 4.78 is 14.2. The predicted molar refractivity (Wildman–Crippen MR) is 124 cm³/mol. The van der Waals surface area contributed by atoms with Gasteiger partial charge in [-0.3, -0.25) is 14.6 Å². The van der Waals surface area contributed by atoms with E-state index in [0.29, 0.717) is 17.0 Å². The zero-order chi connectivity index (χ0) is 23.7. The summed E-state index contributed by atoms with van der Waals surface area (Å²) in [5.41, 5.74) is 3.15. The Morgan fingerprint density at radius 1 is 1.06 bits per heavy atom. The fraction of sp³-hybridized carbons (Fsp3) is 0.222. The van der Waals surface area contributed by atoms with E-state index in [1.54, 1.807) is 37.5 Å². The number of aryl methyl sites for hydroxylation is 1. The second-order valence-corrected chi connectivity index (χ2v) is 8.57. The second-order valence-electron chi connectivity index (χ2n) is 8.57. The van der Waals surface area contributed by atoms with Gasteiger partial charge in [-0.15, -0.1) is 0 Å². The van der Waals surface area contributed by atoms with Crippen LogP contribution in [0.1, 0.15) is 53.6 Å². The van der Waals surface area contributed by atoms with Gasteiger partial charge >= 0.3 is 0 Å². The van der Waals surface area contributed by atoms with Crippen molar-refractivity contribution in [3.05, 3.63) is 106 Å². The van der Waals surface area contributed by atoms with Gasteiger partial charge in [0.15, 0.2) is 0 Å². The van der Waals surface area contributed by atoms with Crippen LogP contribution in [0.2, 0.25) is 0 Å². The van der Waals surface area contributed by atoms with Gasteiger partial charge < -0.3 is 10.0 Å². The Morgan fingerprint density at radius 2 is 1.73 bits per heavy atom. The van der Waals surface area contributed by atoms with Crippen molar-refractivity contribution < 1.29 is 19.1 Å². The number of Topliss-reactive ketones (excluding diaryl/α,β-unsaturated/α-hetero) is 1. The van der Waals surface area contributed by atoms with E-state index in [1.807, 2.05) is 24.3 Å². The number of carbonyl (C=O) groups is 2. The average Bonchev–Trinajstić information content (AvgIpc) is 3.06. The second kappa shape index (κ2) is 8.98. The number of benzene rings is 2. The van der Waals surface area contributed by atoms with Gasteiger partial charge in [-0.1, -0.05) is 50.2 Å². The molecule has 0 spiro atoms. The number of aliphatic hydroxyl groups excluding tert-OH is 1. The Labute approximate surface area is 192 Å². The molecule has 2 aromatic carbocycles. The maximum atomic E-state index is 14.2. The molecule has 0 aliphatic carbocycles. The number of halogens is 1. The van der Waals surface area contributed by atoms with Gasteiger partial charge in [-0.25, -0.2) is 4.39 Å². The summed E-state index contributed by atoms with van der Waals surface area (Å²) in [6.45, 7) is 5.94. The first-order valence-corrected chi connectivity index (χ1v) is 10.8. The number of hydrogen-bond donors (Lipinski definition) is 1. The molecule has 1 aliphatic heterocycles. The summed E-state index contributed by atoms with van der Waals surface area (Å²) in [6, 6.07) is 14.6. The number of carbonyl (C=O) groups excluding carboxylic acids is 2. The number of likely N-dealkylation sites (tertiary alicyclic amines) is 1. The minimum atomic E-state index is -0.802. The zero-order valence-corrected chi connectivity index (χ0v) is 18.7. The molecule has 1 N–H and O–H groups in total. The number of pyridine rings is 1. The Bertz CT molecular complexity index is 1230. The van der Waals surface area contributed by atoms with Crippen molar-refractivity contribution in [3.8, 4) is 0 Å². The highest BCUT2D eigenvalue weighted by atomic mass is 19.1. The van der Waals surface area contributed by atoms with Gasteiger partial charge in [0, 0.05) is 24.5 Å². The highest BCUT2D eigenvalue weighted by Gasteiger charge is 2.46. The summed E-state index contributed by atoms with van der Waals surface area (Å²) in [5.74, 6) is -2.07. The SMILES string of the molecule is Cc1ccc(/C(O)=C2\C(=O)C(=O)N(Cc3ccncc3)C2c2ccc(C(C)C)cc2)cc1F. The van der Waals surface area contributed by atoms with Crippen LogP contribution in [0.5, 0.6) is 0 Å². The van der Waals surface area contributed by atoms with Crippen LogP contribution in [0.15, 0.2) is 72.6 Å². The lowest BCUT2D eigenvalue weighted by Gasteiger charge is -2.25. The van der Waals surface area contributed by atoms with Crippen LogP contribution in [0.3, 0.4) is 0 Å². The van der Waals surface area contributed by atoms with E-state index in [-0.39, 0.29) is 23.4 Å². The van der Waals surface area contributed by atoms with Crippen LogP contribution < -0.4 is 0 Å². The lowest BCUT2D eigenvalue weighted by Crippen LogP contribution is -2.29. The van der Waals surface area contributed by atoms with E-state index in [4.69, 9.17) is 0 Å². The zero-order valence-electron chi connectivity index (χ0n) is 18.7. The third-order valence-electron chi connectivity index (χ3n) is 6.01. The van der Waals surface area contributed by atoms with Gasteiger partial charge in [0.2, 0.25) is 0 Å². The first-order chi connectivity index (χ1) is 15.8. The standard InChI is InChI=1S/C27H25FN2O3/c1-16(2)19-6-8-20(9-7-19)24-23(25(31)21-5-4-17(3)22(28)14-21)26(32)27(33)30(24)15-18-10-12-29-13-11-18/h4-14,16,24,31H,15H2,1-3H3/b25-23+. The molecule has 1 aliphatic rings. The van der Waals surface area contributed by atoms with E-state index in [0.717, 1.165) is 11.1 Å².